The van der Waals surface area contributed by atoms with E-state index in [1.807, 2.05) is 0 Å². The maximum Gasteiger partial charge on any atom is 0.416 e. The molecule has 41 heavy (non-hydrogen) atoms. The Bertz CT molecular complexity index is 1590. The third-order valence-electron chi connectivity index (χ3n) is 6.09. The van der Waals surface area contributed by atoms with Crippen LogP contribution in [0.25, 0.3) is 0 Å². The van der Waals surface area contributed by atoms with Gasteiger partial charge in [0.2, 0.25) is 5.91 Å². The molecule has 0 aromatic heterocycles. The lowest BCUT2D eigenvalue weighted by atomic mass is 10.2. The number of amides is 1. The van der Waals surface area contributed by atoms with Crippen LogP contribution in [-0.2, 0) is 34.1 Å². The van der Waals surface area contributed by atoms with Crippen LogP contribution in [-0.4, -0.2) is 20.9 Å². The lowest BCUT2D eigenvalue weighted by Crippen LogP contribution is -2.40. The number of anilines is 1. The van der Waals surface area contributed by atoms with Gasteiger partial charge < -0.3 is 10.1 Å². The van der Waals surface area contributed by atoms with Crippen LogP contribution in [0.4, 0.5) is 23.2 Å². The van der Waals surface area contributed by atoms with Crippen molar-refractivity contribution in [1.82, 2.24) is 5.32 Å². The molecule has 1 amide bonds. The Morgan fingerprint density at radius 3 is 2.15 bits per heavy atom. The van der Waals surface area contributed by atoms with Crippen LogP contribution in [0.1, 0.15) is 22.3 Å². The number of hydrogen-bond donors (Lipinski definition) is 1. The third-order valence-corrected chi connectivity index (χ3v) is 7.88. The van der Waals surface area contributed by atoms with Gasteiger partial charge in [0, 0.05) is 6.54 Å². The fourth-order valence-electron chi connectivity index (χ4n) is 3.83. The van der Waals surface area contributed by atoms with Gasteiger partial charge in [-0.1, -0.05) is 48.0 Å². The first-order chi connectivity index (χ1) is 19.4. The van der Waals surface area contributed by atoms with Gasteiger partial charge in [-0.3, -0.25) is 9.10 Å². The number of sulfonamides is 1. The molecule has 1 N–H and O–H groups in total. The van der Waals surface area contributed by atoms with E-state index in [9.17, 15) is 30.8 Å². The summed E-state index contributed by atoms with van der Waals surface area (Å²) in [5.41, 5.74) is 0.923. The predicted octanol–water partition coefficient (Wildman–Crippen LogP) is 6.24. The minimum Gasteiger partial charge on any atom is -0.489 e. The van der Waals surface area contributed by atoms with Gasteiger partial charge in [0.1, 0.15) is 24.7 Å². The monoisotopic (exact) mass is 586 g/mol. The number of hydrogen-bond acceptors (Lipinski definition) is 4. The average molecular weight is 587 g/mol. The van der Waals surface area contributed by atoms with Crippen LogP contribution < -0.4 is 14.4 Å². The Morgan fingerprint density at radius 2 is 1.51 bits per heavy atom. The van der Waals surface area contributed by atoms with E-state index in [0.717, 1.165) is 23.3 Å². The Hall–Kier alpha value is -4.38. The smallest absolute Gasteiger partial charge is 0.416 e. The number of carbonyl (C=O) groups is 1. The highest BCUT2D eigenvalue weighted by molar-refractivity contribution is 7.92. The Morgan fingerprint density at radius 1 is 0.878 bits per heavy atom. The van der Waals surface area contributed by atoms with E-state index in [-0.39, 0.29) is 29.6 Å². The van der Waals surface area contributed by atoms with Crippen molar-refractivity contribution in [3.63, 3.8) is 0 Å². The van der Waals surface area contributed by atoms with Gasteiger partial charge in [0.25, 0.3) is 10.0 Å². The van der Waals surface area contributed by atoms with E-state index < -0.39 is 34.2 Å². The van der Waals surface area contributed by atoms with Crippen molar-refractivity contribution in [2.24, 2.45) is 0 Å². The molecule has 0 saturated carbocycles. The van der Waals surface area contributed by atoms with Crippen molar-refractivity contribution in [2.75, 3.05) is 10.8 Å². The van der Waals surface area contributed by atoms with Gasteiger partial charge in [0.15, 0.2) is 0 Å². The molecule has 4 rings (SSSR count). The fraction of sp³-hybridized carbons (Fsp3) is 0.167. The zero-order valence-corrected chi connectivity index (χ0v) is 22.7. The van der Waals surface area contributed by atoms with E-state index in [4.69, 9.17) is 4.74 Å². The Labute approximate surface area is 235 Å². The van der Waals surface area contributed by atoms with E-state index in [1.165, 1.54) is 30.3 Å². The van der Waals surface area contributed by atoms with Crippen LogP contribution in [0.3, 0.4) is 0 Å². The van der Waals surface area contributed by atoms with Crippen LogP contribution >= 0.6 is 0 Å². The highest BCUT2D eigenvalue weighted by Crippen LogP contribution is 2.33. The zero-order valence-electron chi connectivity index (χ0n) is 21.9. The van der Waals surface area contributed by atoms with Crippen molar-refractivity contribution in [3.8, 4) is 5.75 Å². The molecule has 4 aromatic rings. The molecule has 0 fully saturated rings. The fourth-order valence-corrected chi connectivity index (χ4v) is 5.24. The molecule has 0 aliphatic carbocycles. The van der Waals surface area contributed by atoms with Crippen molar-refractivity contribution >= 4 is 21.6 Å². The second-order valence-electron chi connectivity index (χ2n) is 9.21. The summed E-state index contributed by atoms with van der Waals surface area (Å²) in [6, 6.07) is 22.3. The molecule has 0 heterocycles. The van der Waals surface area contributed by atoms with Crippen molar-refractivity contribution in [3.05, 3.63) is 125 Å². The Kier molecular flexibility index (Phi) is 8.97. The predicted molar refractivity (Wildman–Crippen MR) is 146 cm³/mol. The van der Waals surface area contributed by atoms with Crippen molar-refractivity contribution < 1.29 is 35.5 Å². The first kappa shape index (κ1) is 29.6. The molecular weight excluding hydrogens is 560 g/mol. The van der Waals surface area contributed by atoms with Crippen molar-refractivity contribution in [2.45, 2.75) is 31.1 Å². The highest BCUT2D eigenvalue weighted by atomic mass is 32.2. The molecule has 0 saturated heterocycles. The summed E-state index contributed by atoms with van der Waals surface area (Å²) >= 11 is 0. The lowest BCUT2D eigenvalue weighted by Gasteiger charge is -2.25. The molecular formula is C30H26F4N2O4S. The van der Waals surface area contributed by atoms with E-state index in [0.29, 0.717) is 21.7 Å². The van der Waals surface area contributed by atoms with Gasteiger partial charge in [-0.05, 0) is 72.6 Å². The van der Waals surface area contributed by atoms with Gasteiger partial charge >= 0.3 is 6.18 Å². The summed E-state index contributed by atoms with van der Waals surface area (Å²) < 4.78 is 86.4. The second kappa shape index (κ2) is 12.4. The summed E-state index contributed by atoms with van der Waals surface area (Å²) in [5, 5.41) is 2.62. The number of nitrogens with zero attached hydrogens (tertiary/aromatic N) is 1. The number of benzene rings is 4. The zero-order chi connectivity index (χ0) is 29.6. The molecule has 0 aliphatic rings. The van der Waals surface area contributed by atoms with Crippen LogP contribution in [0, 0.1) is 12.7 Å². The number of ether oxygens (including phenoxy) is 1. The Balaban J connectivity index is 1.46. The summed E-state index contributed by atoms with van der Waals surface area (Å²) in [6.07, 6.45) is -4.70. The molecule has 4 aromatic carbocycles. The topological polar surface area (TPSA) is 75.7 Å². The number of nitrogens with one attached hydrogen (secondary N) is 1. The summed E-state index contributed by atoms with van der Waals surface area (Å²) in [4.78, 5) is 12.7. The summed E-state index contributed by atoms with van der Waals surface area (Å²) in [6.45, 7) is 1.30. The van der Waals surface area contributed by atoms with Gasteiger partial charge in [-0.15, -0.1) is 0 Å². The quantitative estimate of drug-likeness (QED) is 0.223. The summed E-state index contributed by atoms with van der Waals surface area (Å²) in [5.74, 6) is -0.509. The molecule has 0 aliphatic heterocycles. The number of rotatable bonds is 10. The largest absolute Gasteiger partial charge is 0.489 e. The van der Waals surface area contributed by atoms with Crippen LogP contribution in [0.2, 0.25) is 0 Å². The molecule has 0 radical (unpaired) electrons. The number of aryl methyl sites for hydroxylation is 1. The van der Waals surface area contributed by atoms with E-state index >= 15 is 0 Å². The second-order valence-corrected chi connectivity index (χ2v) is 11.1. The molecule has 0 bridgehead atoms. The summed E-state index contributed by atoms with van der Waals surface area (Å²) in [7, 11) is -4.38. The average Bonchev–Trinajstić information content (AvgIpc) is 2.95. The van der Waals surface area contributed by atoms with Gasteiger partial charge in [0.05, 0.1) is 16.1 Å². The van der Waals surface area contributed by atoms with E-state index in [1.54, 1.807) is 55.5 Å². The number of carbonyl (C=O) groups excluding carboxylic acids is 1. The number of alkyl halides is 3. The minimum absolute atomic E-state index is 0.0398. The van der Waals surface area contributed by atoms with Crippen LogP contribution in [0.15, 0.2) is 102 Å². The molecule has 11 heteroatoms. The molecule has 0 atom stereocenters. The SMILES string of the molecule is Cc1ccc(S(=O)(=O)N(CC(=O)NCc2ccc(OCc3ccc(F)cc3)cc2)c2cccc(C(F)(F)F)c2)cc1. The molecule has 214 valence electrons. The molecule has 6 nitrogen and oxygen atoms in total. The first-order valence-corrected chi connectivity index (χ1v) is 13.9. The van der Waals surface area contributed by atoms with Gasteiger partial charge in [-0.2, -0.15) is 13.2 Å². The third kappa shape index (κ3) is 7.85. The number of halogens is 4. The minimum atomic E-state index is -4.70. The standard InChI is InChI=1S/C30H26F4N2O4S/c1-21-5-15-28(16-6-21)41(38,39)36(26-4-2-3-24(17-26)30(32,33)34)19-29(37)35-18-22-9-13-27(14-10-22)40-20-23-7-11-25(31)12-8-23/h2-17H,18-20H2,1H3,(H,35,37). The van der Waals surface area contributed by atoms with E-state index in [2.05, 4.69) is 5.32 Å². The normalized spacial score (nSPS) is 11.6. The molecule has 0 unspecified atom stereocenters. The first-order valence-electron chi connectivity index (χ1n) is 12.4. The maximum atomic E-state index is 13.5. The van der Waals surface area contributed by atoms with Gasteiger partial charge in [-0.25, -0.2) is 12.8 Å². The highest BCUT2D eigenvalue weighted by Gasteiger charge is 2.33. The maximum absolute atomic E-state index is 13.5. The van der Waals surface area contributed by atoms with Crippen molar-refractivity contribution in [1.29, 1.82) is 0 Å². The lowest BCUT2D eigenvalue weighted by molar-refractivity contribution is -0.137. The van der Waals surface area contributed by atoms with Crippen LogP contribution in [0.5, 0.6) is 5.75 Å². The molecule has 0 spiro atoms.